The lowest BCUT2D eigenvalue weighted by molar-refractivity contribution is -0.286. The first kappa shape index (κ1) is 15.4. The lowest BCUT2D eigenvalue weighted by Gasteiger charge is -2.17. The molecule has 2 heterocycles. The number of aryl methyl sites for hydroxylation is 1. The minimum atomic E-state index is -3.70. The molecule has 0 unspecified atom stereocenters. The van der Waals surface area contributed by atoms with Crippen LogP contribution in [0.1, 0.15) is 22.3 Å². The number of ether oxygens (including phenoxy) is 2. The van der Waals surface area contributed by atoms with Gasteiger partial charge in [0, 0.05) is 29.4 Å². The number of rotatable bonds is 2. The topological polar surface area (TPSA) is 76.7 Å². The molecular weight excluding hydrogens is 334 g/mol. The second-order valence-electron chi connectivity index (χ2n) is 5.70. The molecule has 2 aromatic carbocycles. The Bertz CT molecular complexity index is 898. The molecule has 0 saturated heterocycles. The standard InChI is InChI=1S/C17H12F2N2O4/c18-17(19)24-13-5-3-11(8-14(13)25-17)20-16(23)10-1-4-12-9(7-10)2-6-15(22)21-12/h1,3-5,7-8H,2,6H2,(H,20,23)(H,21,22). The molecule has 25 heavy (non-hydrogen) atoms. The Morgan fingerprint density at radius 1 is 1.08 bits per heavy atom. The fraction of sp³-hybridized carbons (Fsp3) is 0.176. The minimum Gasteiger partial charge on any atom is -0.395 e. The molecule has 2 aliphatic heterocycles. The quantitative estimate of drug-likeness (QED) is 0.876. The number of nitrogens with one attached hydrogen (secondary N) is 2. The van der Waals surface area contributed by atoms with E-state index in [2.05, 4.69) is 20.1 Å². The zero-order valence-corrected chi connectivity index (χ0v) is 12.8. The molecule has 6 nitrogen and oxygen atoms in total. The van der Waals surface area contributed by atoms with Crippen LogP contribution in [0.25, 0.3) is 0 Å². The zero-order valence-electron chi connectivity index (χ0n) is 12.8. The fourth-order valence-corrected chi connectivity index (χ4v) is 2.75. The van der Waals surface area contributed by atoms with Gasteiger partial charge < -0.3 is 20.1 Å². The van der Waals surface area contributed by atoms with Gasteiger partial charge in [-0.05, 0) is 42.3 Å². The molecule has 0 aliphatic carbocycles. The normalized spacial score (nSPS) is 16.8. The molecule has 2 aromatic rings. The van der Waals surface area contributed by atoms with Gasteiger partial charge in [0.25, 0.3) is 5.91 Å². The predicted molar refractivity (Wildman–Crippen MR) is 84.0 cm³/mol. The van der Waals surface area contributed by atoms with E-state index >= 15 is 0 Å². The van der Waals surface area contributed by atoms with Crippen LogP contribution in [-0.2, 0) is 11.2 Å². The summed E-state index contributed by atoms with van der Waals surface area (Å²) >= 11 is 0. The number of hydrogen-bond acceptors (Lipinski definition) is 4. The molecule has 0 spiro atoms. The van der Waals surface area contributed by atoms with E-state index in [1.165, 1.54) is 18.2 Å². The summed E-state index contributed by atoms with van der Waals surface area (Å²) in [5, 5.41) is 5.36. The van der Waals surface area contributed by atoms with Crippen molar-refractivity contribution in [1.29, 1.82) is 0 Å². The summed E-state index contributed by atoms with van der Waals surface area (Å²) in [6.45, 7) is 0. The van der Waals surface area contributed by atoms with E-state index in [1.54, 1.807) is 18.2 Å². The first-order valence-corrected chi connectivity index (χ1v) is 7.54. The molecule has 0 bridgehead atoms. The maximum absolute atomic E-state index is 13.0. The molecule has 4 rings (SSSR count). The molecule has 128 valence electrons. The Morgan fingerprint density at radius 2 is 1.88 bits per heavy atom. The molecular formula is C17H12F2N2O4. The Balaban J connectivity index is 1.52. The molecule has 0 radical (unpaired) electrons. The number of amides is 2. The number of halogens is 2. The van der Waals surface area contributed by atoms with Crippen LogP contribution in [0.15, 0.2) is 36.4 Å². The highest BCUT2D eigenvalue weighted by atomic mass is 19.3. The Kier molecular flexibility index (Phi) is 3.34. The van der Waals surface area contributed by atoms with Crippen molar-refractivity contribution in [2.45, 2.75) is 19.1 Å². The third-order valence-electron chi connectivity index (χ3n) is 3.92. The molecule has 0 fully saturated rings. The Hall–Kier alpha value is -3.16. The van der Waals surface area contributed by atoms with Crippen LogP contribution in [0.5, 0.6) is 11.5 Å². The monoisotopic (exact) mass is 346 g/mol. The van der Waals surface area contributed by atoms with Crippen LogP contribution in [0.2, 0.25) is 0 Å². The van der Waals surface area contributed by atoms with E-state index in [0.717, 1.165) is 5.56 Å². The number of anilines is 2. The zero-order chi connectivity index (χ0) is 17.6. The average molecular weight is 346 g/mol. The van der Waals surface area contributed by atoms with Crippen LogP contribution in [0.4, 0.5) is 20.2 Å². The molecule has 0 aromatic heterocycles. The second-order valence-corrected chi connectivity index (χ2v) is 5.70. The first-order valence-electron chi connectivity index (χ1n) is 7.54. The Morgan fingerprint density at radius 3 is 2.72 bits per heavy atom. The Labute approximate surface area is 140 Å². The number of fused-ring (bicyclic) bond motifs is 2. The van der Waals surface area contributed by atoms with E-state index in [4.69, 9.17) is 0 Å². The third-order valence-corrected chi connectivity index (χ3v) is 3.92. The van der Waals surface area contributed by atoms with Crippen LogP contribution in [0, 0.1) is 0 Å². The second kappa shape index (κ2) is 5.44. The van der Waals surface area contributed by atoms with Gasteiger partial charge in [0.2, 0.25) is 5.91 Å². The molecule has 8 heteroatoms. The van der Waals surface area contributed by atoms with Gasteiger partial charge in [-0.3, -0.25) is 9.59 Å². The van der Waals surface area contributed by atoms with E-state index in [0.29, 0.717) is 29.8 Å². The molecule has 2 amide bonds. The van der Waals surface area contributed by atoms with Crippen molar-refractivity contribution in [3.05, 3.63) is 47.5 Å². The number of carbonyl (C=O) groups is 2. The van der Waals surface area contributed by atoms with Crippen molar-refractivity contribution in [2.75, 3.05) is 10.6 Å². The molecule has 0 saturated carbocycles. The lowest BCUT2D eigenvalue weighted by atomic mass is 10.00. The third kappa shape index (κ3) is 2.98. The van der Waals surface area contributed by atoms with E-state index < -0.39 is 12.2 Å². The largest absolute Gasteiger partial charge is 0.586 e. The van der Waals surface area contributed by atoms with Gasteiger partial charge in [-0.25, -0.2) is 0 Å². The minimum absolute atomic E-state index is 0.0538. The summed E-state index contributed by atoms with van der Waals surface area (Å²) in [7, 11) is 0. The van der Waals surface area contributed by atoms with Gasteiger partial charge in [-0.1, -0.05) is 0 Å². The predicted octanol–water partition coefficient (Wildman–Crippen LogP) is 3.15. The molecule has 2 aliphatic rings. The van der Waals surface area contributed by atoms with Gasteiger partial charge in [0.15, 0.2) is 11.5 Å². The highest BCUT2D eigenvalue weighted by Gasteiger charge is 2.43. The van der Waals surface area contributed by atoms with Gasteiger partial charge in [0.1, 0.15) is 0 Å². The summed E-state index contributed by atoms with van der Waals surface area (Å²) in [6.07, 6.45) is -2.77. The van der Waals surface area contributed by atoms with Crippen molar-refractivity contribution in [1.82, 2.24) is 0 Å². The van der Waals surface area contributed by atoms with Crippen molar-refractivity contribution in [2.24, 2.45) is 0 Å². The van der Waals surface area contributed by atoms with E-state index in [1.807, 2.05) is 0 Å². The van der Waals surface area contributed by atoms with Crippen LogP contribution < -0.4 is 20.1 Å². The SMILES string of the molecule is O=C1CCc2cc(C(=O)Nc3ccc4c(c3)OC(F)(F)O4)ccc2N1. The van der Waals surface area contributed by atoms with Crippen molar-refractivity contribution >= 4 is 23.2 Å². The highest BCUT2D eigenvalue weighted by Crippen LogP contribution is 2.42. The smallest absolute Gasteiger partial charge is 0.395 e. The fourth-order valence-electron chi connectivity index (χ4n) is 2.75. The van der Waals surface area contributed by atoms with E-state index in [-0.39, 0.29) is 17.4 Å². The van der Waals surface area contributed by atoms with Crippen molar-refractivity contribution < 1.29 is 27.8 Å². The lowest BCUT2D eigenvalue weighted by Crippen LogP contribution is -2.25. The van der Waals surface area contributed by atoms with Crippen molar-refractivity contribution in [3.8, 4) is 11.5 Å². The van der Waals surface area contributed by atoms with E-state index in [9.17, 15) is 18.4 Å². The van der Waals surface area contributed by atoms with Gasteiger partial charge in [0.05, 0.1) is 0 Å². The van der Waals surface area contributed by atoms with Gasteiger partial charge in [-0.2, -0.15) is 0 Å². The van der Waals surface area contributed by atoms with Gasteiger partial charge >= 0.3 is 6.29 Å². The van der Waals surface area contributed by atoms with Crippen LogP contribution >= 0.6 is 0 Å². The maximum Gasteiger partial charge on any atom is 0.586 e. The first-order chi connectivity index (χ1) is 11.9. The molecule has 0 atom stereocenters. The summed E-state index contributed by atoms with van der Waals surface area (Å²) in [5.74, 6) is -0.685. The van der Waals surface area contributed by atoms with Crippen LogP contribution in [0.3, 0.4) is 0 Å². The van der Waals surface area contributed by atoms with Crippen LogP contribution in [-0.4, -0.2) is 18.1 Å². The number of carbonyl (C=O) groups excluding carboxylic acids is 2. The highest BCUT2D eigenvalue weighted by molar-refractivity contribution is 6.05. The average Bonchev–Trinajstić information content (AvgIpc) is 2.87. The number of alkyl halides is 2. The summed E-state index contributed by atoms with van der Waals surface area (Å²) in [4.78, 5) is 23.7. The molecule has 2 N–H and O–H groups in total. The maximum atomic E-state index is 13.0. The van der Waals surface area contributed by atoms with Gasteiger partial charge in [-0.15, -0.1) is 8.78 Å². The number of hydrogen-bond donors (Lipinski definition) is 2. The summed E-state index contributed by atoms with van der Waals surface area (Å²) < 4.78 is 34.7. The summed E-state index contributed by atoms with van der Waals surface area (Å²) in [6, 6.07) is 8.97. The van der Waals surface area contributed by atoms with Crippen molar-refractivity contribution in [3.63, 3.8) is 0 Å². The summed E-state index contributed by atoms with van der Waals surface area (Å²) in [5.41, 5.74) is 2.27. The number of benzene rings is 2.